The number of hydrogen-bond acceptors (Lipinski definition) is 6. The predicted molar refractivity (Wildman–Crippen MR) is 101 cm³/mol. The number of aryl methyl sites for hydroxylation is 2. The van der Waals surface area contributed by atoms with Crippen molar-refractivity contribution in [2.24, 2.45) is 0 Å². The summed E-state index contributed by atoms with van der Waals surface area (Å²) in [6, 6.07) is 0. The van der Waals surface area contributed by atoms with E-state index >= 15 is 0 Å². The quantitative estimate of drug-likeness (QED) is 0.661. The van der Waals surface area contributed by atoms with Crippen LogP contribution in [-0.4, -0.2) is 23.1 Å². The predicted octanol–water partition coefficient (Wildman–Crippen LogP) is 3.98. The van der Waals surface area contributed by atoms with Crippen molar-refractivity contribution in [1.29, 1.82) is 0 Å². The standard InChI is InChI=1S/C19H21N3O2S/c1-11-20-15-14-12-7-3-4-8-13(12)17(22-9-5-2-6-10-22)21-18(14)25-16(15)19(23)24-11/h2-10H2,1H3. The number of hydrogen-bond donors (Lipinski definition) is 0. The second-order valence-electron chi connectivity index (χ2n) is 7.13. The van der Waals surface area contributed by atoms with Crippen molar-refractivity contribution in [3.05, 3.63) is 27.4 Å². The van der Waals surface area contributed by atoms with E-state index in [-0.39, 0.29) is 5.63 Å². The molecule has 0 unspecified atom stereocenters. The smallest absolute Gasteiger partial charge is 0.357 e. The molecule has 0 saturated carbocycles. The van der Waals surface area contributed by atoms with Gasteiger partial charge in [0, 0.05) is 25.4 Å². The molecular formula is C19H21N3O2S. The molecule has 1 aliphatic heterocycles. The molecule has 130 valence electrons. The molecule has 0 bridgehead atoms. The molecule has 5 rings (SSSR count). The molecule has 3 aromatic heterocycles. The van der Waals surface area contributed by atoms with Crippen LogP contribution in [0.15, 0.2) is 9.21 Å². The Labute approximate surface area is 149 Å². The Bertz CT molecular complexity index is 1030. The maximum absolute atomic E-state index is 12.3. The zero-order valence-electron chi connectivity index (χ0n) is 14.4. The van der Waals surface area contributed by atoms with Crippen LogP contribution in [-0.2, 0) is 12.8 Å². The second-order valence-corrected chi connectivity index (χ2v) is 8.13. The molecule has 2 aliphatic rings. The van der Waals surface area contributed by atoms with E-state index in [0.29, 0.717) is 10.6 Å². The molecule has 0 aromatic carbocycles. The van der Waals surface area contributed by atoms with Gasteiger partial charge >= 0.3 is 5.63 Å². The molecule has 1 saturated heterocycles. The average Bonchev–Trinajstić information content (AvgIpc) is 3.01. The van der Waals surface area contributed by atoms with Crippen LogP contribution < -0.4 is 10.5 Å². The number of piperidine rings is 1. The van der Waals surface area contributed by atoms with Gasteiger partial charge in [-0.3, -0.25) is 0 Å². The Kier molecular flexibility index (Phi) is 3.55. The van der Waals surface area contributed by atoms with Crippen LogP contribution in [0.1, 0.15) is 49.1 Å². The van der Waals surface area contributed by atoms with Crippen molar-refractivity contribution in [3.8, 4) is 0 Å². The third-order valence-corrected chi connectivity index (χ3v) is 6.51. The Morgan fingerprint density at radius 1 is 1.00 bits per heavy atom. The lowest BCUT2D eigenvalue weighted by atomic mass is 9.89. The fourth-order valence-electron chi connectivity index (χ4n) is 4.33. The number of rotatable bonds is 1. The summed E-state index contributed by atoms with van der Waals surface area (Å²) >= 11 is 1.44. The van der Waals surface area contributed by atoms with Gasteiger partial charge in [0.2, 0.25) is 0 Å². The van der Waals surface area contributed by atoms with Gasteiger partial charge in [0.05, 0.1) is 0 Å². The highest BCUT2D eigenvalue weighted by Crippen LogP contribution is 2.40. The molecular weight excluding hydrogens is 334 g/mol. The molecule has 0 radical (unpaired) electrons. The highest BCUT2D eigenvalue weighted by atomic mass is 32.1. The highest BCUT2D eigenvalue weighted by Gasteiger charge is 2.26. The van der Waals surface area contributed by atoms with Crippen LogP contribution in [0.2, 0.25) is 0 Å². The van der Waals surface area contributed by atoms with E-state index in [1.54, 1.807) is 6.92 Å². The summed E-state index contributed by atoms with van der Waals surface area (Å²) in [5.74, 6) is 1.59. The van der Waals surface area contributed by atoms with Crippen molar-refractivity contribution in [3.63, 3.8) is 0 Å². The first-order valence-corrected chi connectivity index (χ1v) is 10.0. The summed E-state index contributed by atoms with van der Waals surface area (Å²) in [6.45, 7) is 3.93. The molecule has 3 aromatic rings. The molecule has 0 amide bonds. The molecule has 5 nitrogen and oxygen atoms in total. The topological polar surface area (TPSA) is 59.2 Å². The second kappa shape index (κ2) is 5.80. The Balaban J connectivity index is 1.84. The molecule has 4 heterocycles. The van der Waals surface area contributed by atoms with Gasteiger partial charge in [-0.05, 0) is 56.1 Å². The molecule has 0 spiro atoms. The van der Waals surface area contributed by atoms with E-state index in [1.165, 1.54) is 54.6 Å². The molecule has 25 heavy (non-hydrogen) atoms. The summed E-state index contributed by atoms with van der Waals surface area (Å²) < 4.78 is 5.82. The Morgan fingerprint density at radius 3 is 2.56 bits per heavy atom. The third-order valence-electron chi connectivity index (χ3n) is 5.46. The zero-order valence-corrected chi connectivity index (χ0v) is 15.2. The first-order chi connectivity index (χ1) is 12.2. The van der Waals surface area contributed by atoms with Gasteiger partial charge in [0.15, 0.2) is 5.89 Å². The van der Waals surface area contributed by atoms with Crippen LogP contribution in [0.25, 0.3) is 20.4 Å². The van der Waals surface area contributed by atoms with Crippen LogP contribution >= 0.6 is 11.3 Å². The lowest BCUT2D eigenvalue weighted by molar-refractivity contribution is 0.468. The number of aromatic nitrogens is 2. The minimum absolute atomic E-state index is 0.283. The third kappa shape index (κ3) is 2.38. The van der Waals surface area contributed by atoms with Crippen LogP contribution in [0.5, 0.6) is 0 Å². The zero-order chi connectivity index (χ0) is 17.0. The van der Waals surface area contributed by atoms with Gasteiger partial charge in [-0.1, -0.05) is 0 Å². The number of fused-ring (bicyclic) bond motifs is 5. The molecule has 1 fully saturated rings. The first-order valence-electron chi connectivity index (χ1n) is 9.23. The van der Waals surface area contributed by atoms with E-state index in [2.05, 4.69) is 9.88 Å². The van der Waals surface area contributed by atoms with Crippen molar-refractivity contribution < 1.29 is 4.42 Å². The summed E-state index contributed by atoms with van der Waals surface area (Å²) in [4.78, 5) is 25.3. The molecule has 1 aliphatic carbocycles. The normalized spacial score (nSPS) is 18.0. The maximum Gasteiger partial charge on any atom is 0.357 e. The average molecular weight is 355 g/mol. The van der Waals surface area contributed by atoms with Gasteiger partial charge in [0.1, 0.15) is 20.9 Å². The van der Waals surface area contributed by atoms with Crippen LogP contribution in [0.3, 0.4) is 0 Å². The van der Waals surface area contributed by atoms with Crippen molar-refractivity contribution in [2.75, 3.05) is 18.0 Å². The van der Waals surface area contributed by atoms with E-state index in [0.717, 1.165) is 47.5 Å². The number of nitrogens with zero attached hydrogens (tertiary/aromatic N) is 3. The lowest BCUT2D eigenvalue weighted by Crippen LogP contribution is -2.31. The summed E-state index contributed by atoms with van der Waals surface area (Å²) in [5.41, 5.74) is 3.28. The van der Waals surface area contributed by atoms with E-state index < -0.39 is 0 Å². The van der Waals surface area contributed by atoms with Crippen molar-refractivity contribution >= 4 is 37.6 Å². The maximum atomic E-state index is 12.3. The monoisotopic (exact) mass is 355 g/mol. The van der Waals surface area contributed by atoms with Crippen LogP contribution in [0.4, 0.5) is 5.82 Å². The van der Waals surface area contributed by atoms with E-state index in [1.807, 2.05) is 0 Å². The molecule has 0 N–H and O–H groups in total. The van der Waals surface area contributed by atoms with Crippen molar-refractivity contribution in [1.82, 2.24) is 9.97 Å². The number of thiophene rings is 1. The largest absolute Gasteiger partial charge is 0.408 e. The van der Waals surface area contributed by atoms with E-state index in [9.17, 15) is 4.79 Å². The fraction of sp³-hybridized carbons (Fsp3) is 0.526. The lowest BCUT2D eigenvalue weighted by Gasteiger charge is -2.31. The molecule has 6 heteroatoms. The number of anilines is 1. The molecule has 0 atom stereocenters. The van der Waals surface area contributed by atoms with E-state index in [4.69, 9.17) is 9.40 Å². The van der Waals surface area contributed by atoms with Gasteiger partial charge in [-0.25, -0.2) is 14.8 Å². The van der Waals surface area contributed by atoms with Gasteiger partial charge < -0.3 is 9.32 Å². The first kappa shape index (κ1) is 15.3. The summed E-state index contributed by atoms with van der Waals surface area (Å²) in [6.07, 6.45) is 8.36. The highest BCUT2D eigenvalue weighted by molar-refractivity contribution is 7.25. The summed E-state index contributed by atoms with van der Waals surface area (Å²) in [5, 5.41) is 1.10. The van der Waals surface area contributed by atoms with Gasteiger partial charge in [-0.15, -0.1) is 11.3 Å². The minimum Gasteiger partial charge on any atom is -0.408 e. The van der Waals surface area contributed by atoms with Gasteiger partial charge in [-0.2, -0.15) is 0 Å². The number of pyridine rings is 1. The van der Waals surface area contributed by atoms with Crippen molar-refractivity contribution in [2.45, 2.75) is 51.9 Å². The fourth-order valence-corrected chi connectivity index (χ4v) is 5.34. The van der Waals surface area contributed by atoms with Crippen LogP contribution in [0, 0.1) is 6.92 Å². The Hall–Kier alpha value is -1.95. The SMILES string of the molecule is Cc1nc2c(sc3nc(N4CCCCC4)c4c(c32)CCCC4)c(=O)o1. The van der Waals surface area contributed by atoms with Gasteiger partial charge in [0.25, 0.3) is 0 Å². The Morgan fingerprint density at radius 2 is 1.76 bits per heavy atom. The minimum atomic E-state index is -0.283. The summed E-state index contributed by atoms with van der Waals surface area (Å²) in [7, 11) is 0.